The molecule has 0 saturated heterocycles. The number of Topliss-reactive ketones (excluding diaryl/α,β-unsaturated/α-hetero) is 1. The Kier molecular flexibility index (Phi) is 2.96. The molecule has 1 aliphatic carbocycles. The van der Waals surface area contributed by atoms with Crippen molar-refractivity contribution >= 4 is 21.7 Å². The van der Waals surface area contributed by atoms with E-state index in [1.54, 1.807) is 0 Å². The fourth-order valence-electron chi connectivity index (χ4n) is 2.28. The molecule has 2 rings (SSSR count). The Bertz CT molecular complexity index is 360. The highest BCUT2D eigenvalue weighted by molar-refractivity contribution is 9.10. The molecule has 2 atom stereocenters. The average molecular weight is 267 g/mol. The van der Waals surface area contributed by atoms with Crippen LogP contribution >= 0.6 is 15.9 Å². The highest BCUT2D eigenvalue weighted by Gasteiger charge is 2.36. The number of hydrogen-bond donors (Lipinski definition) is 0. The number of carbonyl (C=O) groups excluding carboxylic acids is 1. The zero-order valence-corrected chi connectivity index (χ0v) is 10.5. The minimum absolute atomic E-state index is 0.0443. The lowest BCUT2D eigenvalue weighted by Gasteiger charge is -2.35. The van der Waals surface area contributed by atoms with Crippen LogP contribution in [0.15, 0.2) is 30.3 Å². The van der Waals surface area contributed by atoms with E-state index in [0.717, 1.165) is 12.8 Å². The molecule has 2 heteroatoms. The monoisotopic (exact) mass is 266 g/mol. The Balaban J connectivity index is 2.25. The SMILES string of the molecule is CC1(c2ccccc2)CCC(Br)C(=O)C1. The standard InChI is InChI=1S/C13H15BrO/c1-13(10-5-3-2-4-6-10)8-7-11(14)12(15)9-13/h2-6,11H,7-9H2,1H3. The van der Waals surface area contributed by atoms with Gasteiger partial charge in [-0.15, -0.1) is 0 Å². The zero-order valence-electron chi connectivity index (χ0n) is 8.87. The number of rotatable bonds is 1. The summed E-state index contributed by atoms with van der Waals surface area (Å²) >= 11 is 3.43. The van der Waals surface area contributed by atoms with E-state index in [-0.39, 0.29) is 10.2 Å². The molecule has 1 nitrogen and oxygen atoms in total. The molecule has 1 fully saturated rings. The lowest BCUT2D eigenvalue weighted by Crippen LogP contribution is -2.35. The number of alkyl halides is 1. The highest BCUT2D eigenvalue weighted by atomic mass is 79.9. The van der Waals surface area contributed by atoms with Crippen LogP contribution in [0, 0.1) is 0 Å². The Morgan fingerprint density at radius 1 is 1.33 bits per heavy atom. The average Bonchev–Trinajstić information content (AvgIpc) is 2.26. The van der Waals surface area contributed by atoms with Crippen molar-refractivity contribution in [3.8, 4) is 0 Å². The van der Waals surface area contributed by atoms with Gasteiger partial charge in [-0.3, -0.25) is 4.79 Å². The first-order valence-electron chi connectivity index (χ1n) is 5.34. The van der Waals surface area contributed by atoms with Crippen LogP contribution in [-0.2, 0) is 10.2 Å². The second-order valence-corrected chi connectivity index (χ2v) is 5.68. The van der Waals surface area contributed by atoms with E-state index in [1.165, 1.54) is 5.56 Å². The highest BCUT2D eigenvalue weighted by Crippen LogP contribution is 2.39. The molecule has 0 N–H and O–H groups in total. The van der Waals surface area contributed by atoms with Gasteiger partial charge in [0.15, 0.2) is 0 Å². The molecular weight excluding hydrogens is 252 g/mol. The zero-order chi connectivity index (χ0) is 10.9. The largest absolute Gasteiger partial charge is 0.298 e. The number of ketones is 1. The van der Waals surface area contributed by atoms with Crippen LogP contribution in [0.4, 0.5) is 0 Å². The molecule has 0 heterocycles. The second kappa shape index (κ2) is 4.09. The van der Waals surface area contributed by atoms with Gasteiger partial charge in [0.2, 0.25) is 0 Å². The predicted octanol–water partition coefficient (Wildman–Crippen LogP) is 3.46. The van der Waals surface area contributed by atoms with Crippen LogP contribution in [0.3, 0.4) is 0 Å². The maximum absolute atomic E-state index is 11.7. The van der Waals surface area contributed by atoms with Gasteiger partial charge in [0, 0.05) is 6.42 Å². The summed E-state index contributed by atoms with van der Waals surface area (Å²) in [5.41, 5.74) is 1.33. The molecule has 0 amide bonds. The first kappa shape index (κ1) is 10.9. The molecule has 1 aromatic rings. The molecule has 0 spiro atoms. The van der Waals surface area contributed by atoms with Crippen LogP contribution in [-0.4, -0.2) is 10.6 Å². The second-order valence-electron chi connectivity index (χ2n) is 4.58. The van der Waals surface area contributed by atoms with Crippen molar-refractivity contribution in [2.24, 2.45) is 0 Å². The van der Waals surface area contributed by atoms with E-state index in [1.807, 2.05) is 18.2 Å². The third-order valence-corrected chi connectivity index (χ3v) is 4.30. The van der Waals surface area contributed by atoms with Gasteiger partial charge in [-0.2, -0.15) is 0 Å². The number of carbonyl (C=O) groups is 1. The molecule has 80 valence electrons. The lowest BCUT2D eigenvalue weighted by atomic mass is 9.70. The molecule has 15 heavy (non-hydrogen) atoms. The van der Waals surface area contributed by atoms with Gasteiger partial charge in [0.05, 0.1) is 4.83 Å². The van der Waals surface area contributed by atoms with E-state index >= 15 is 0 Å². The molecule has 2 unspecified atom stereocenters. The molecule has 0 aromatic heterocycles. The van der Waals surface area contributed by atoms with Crippen molar-refractivity contribution in [2.75, 3.05) is 0 Å². The third kappa shape index (κ3) is 2.15. The Morgan fingerprint density at radius 2 is 2.00 bits per heavy atom. The van der Waals surface area contributed by atoms with Crippen LogP contribution < -0.4 is 0 Å². The Hall–Kier alpha value is -0.630. The Labute approximate surface area is 99.0 Å². The molecule has 1 aliphatic rings. The van der Waals surface area contributed by atoms with E-state index in [9.17, 15) is 4.79 Å². The van der Waals surface area contributed by atoms with Crippen LogP contribution in [0.1, 0.15) is 31.7 Å². The van der Waals surface area contributed by atoms with Crippen molar-refractivity contribution in [3.63, 3.8) is 0 Å². The Morgan fingerprint density at radius 3 is 2.60 bits per heavy atom. The van der Waals surface area contributed by atoms with Crippen molar-refractivity contribution < 1.29 is 4.79 Å². The van der Waals surface area contributed by atoms with Gasteiger partial charge in [0.1, 0.15) is 5.78 Å². The first-order valence-corrected chi connectivity index (χ1v) is 6.26. The molecule has 0 aliphatic heterocycles. The topological polar surface area (TPSA) is 17.1 Å². The van der Waals surface area contributed by atoms with Gasteiger partial charge in [-0.1, -0.05) is 53.2 Å². The van der Waals surface area contributed by atoms with Crippen LogP contribution in [0.5, 0.6) is 0 Å². The first-order chi connectivity index (χ1) is 7.12. The predicted molar refractivity (Wildman–Crippen MR) is 65.4 cm³/mol. The van der Waals surface area contributed by atoms with Crippen molar-refractivity contribution in [3.05, 3.63) is 35.9 Å². The quantitative estimate of drug-likeness (QED) is 0.712. The third-order valence-electron chi connectivity index (χ3n) is 3.33. The maximum atomic E-state index is 11.7. The fourth-order valence-corrected chi connectivity index (χ4v) is 2.67. The summed E-state index contributed by atoms with van der Waals surface area (Å²) in [5.74, 6) is 0.340. The molecular formula is C13H15BrO. The van der Waals surface area contributed by atoms with Gasteiger partial charge in [-0.05, 0) is 23.8 Å². The van der Waals surface area contributed by atoms with Crippen LogP contribution in [0.25, 0.3) is 0 Å². The van der Waals surface area contributed by atoms with Gasteiger partial charge >= 0.3 is 0 Å². The number of halogens is 1. The minimum Gasteiger partial charge on any atom is -0.298 e. The van der Waals surface area contributed by atoms with Crippen molar-refractivity contribution in [1.82, 2.24) is 0 Å². The summed E-state index contributed by atoms with van der Waals surface area (Å²) in [6.45, 7) is 2.19. The number of benzene rings is 1. The molecule has 1 aromatic carbocycles. The summed E-state index contributed by atoms with van der Waals surface area (Å²) in [6, 6.07) is 10.4. The van der Waals surface area contributed by atoms with E-state index in [2.05, 4.69) is 35.0 Å². The van der Waals surface area contributed by atoms with Crippen molar-refractivity contribution in [1.29, 1.82) is 0 Å². The molecule has 0 bridgehead atoms. The maximum Gasteiger partial charge on any atom is 0.147 e. The summed E-state index contributed by atoms with van der Waals surface area (Å²) in [6.07, 6.45) is 2.69. The van der Waals surface area contributed by atoms with E-state index in [0.29, 0.717) is 12.2 Å². The summed E-state index contributed by atoms with van der Waals surface area (Å²) < 4.78 is 0. The molecule has 1 saturated carbocycles. The van der Waals surface area contributed by atoms with Crippen LogP contribution in [0.2, 0.25) is 0 Å². The van der Waals surface area contributed by atoms with Crippen molar-refractivity contribution in [2.45, 2.75) is 36.4 Å². The summed E-state index contributed by atoms with van der Waals surface area (Å²) in [7, 11) is 0. The van der Waals surface area contributed by atoms with E-state index in [4.69, 9.17) is 0 Å². The summed E-state index contributed by atoms with van der Waals surface area (Å²) in [5, 5.41) is 0. The fraction of sp³-hybridized carbons (Fsp3) is 0.462. The summed E-state index contributed by atoms with van der Waals surface area (Å²) in [4.78, 5) is 11.8. The lowest BCUT2D eigenvalue weighted by molar-refractivity contribution is -0.121. The van der Waals surface area contributed by atoms with Gasteiger partial charge in [-0.25, -0.2) is 0 Å². The van der Waals surface area contributed by atoms with Gasteiger partial charge in [0.25, 0.3) is 0 Å². The van der Waals surface area contributed by atoms with E-state index < -0.39 is 0 Å². The minimum atomic E-state index is 0.0443. The normalized spacial score (nSPS) is 31.6. The number of hydrogen-bond acceptors (Lipinski definition) is 1. The molecule has 0 radical (unpaired) electrons. The van der Waals surface area contributed by atoms with Gasteiger partial charge < -0.3 is 0 Å². The smallest absolute Gasteiger partial charge is 0.147 e.